The first kappa shape index (κ1) is 13.4. The van der Waals surface area contributed by atoms with E-state index in [0.29, 0.717) is 5.92 Å². The second-order valence-corrected chi connectivity index (χ2v) is 5.12. The maximum Gasteiger partial charge on any atom is 0.122 e. The molecule has 1 aliphatic rings. The van der Waals surface area contributed by atoms with Gasteiger partial charge in [-0.05, 0) is 62.7 Å². The van der Waals surface area contributed by atoms with Crippen molar-refractivity contribution in [3.8, 4) is 5.75 Å². The van der Waals surface area contributed by atoms with Crippen LogP contribution in [0, 0.1) is 5.92 Å². The van der Waals surface area contributed by atoms with Gasteiger partial charge in [-0.3, -0.25) is 0 Å². The van der Waals surface area contributed by atoms with E-state index in [2.05, 4.69) is 43.4 Å². The number of para-hydroxylation sites is 1. The molecule has 100 valence electrons. The third-order valence-electron chi connectivity index (χ3n) is 3.87. The highest BCUT2D eigenvalue weighted by molar-refractivity contribution is 5.38. The van der Waals surface area contributed by atoms with Gasteiger partial charge in [0.25, 0.3) is 0 Å². The summed E-state index contributed by atoms with van der Waals surface area (Å²) in [5.74, 6) is 2.57. The molecule has 1 fully saturated rings. The Morgan fingerprint density at radius 1 is 1.22 bits per heavy atom. The molecule has 2 rings (SSSR count). The van der Waals surface area contributed by atoms with E-state index in [1.165, 1.54) is 24.8 Å². The summed E-state index contributed by atoms with van der Waals surface area (Å²) in [6.07, 6.45) is 3.87. The van der Waals surface area contributed by atoms with Gasteiger partial charge < -0.3 is 10.1 Å². The molecule has 1 N–H and O–H groups in total. The first-order chi connectivity index (χ1) is 8.86. The molecular formula is C16H25NO. The lowest BCUT2D eigenvalue weighted by atomic mass is 9.69. The molecule has 0 spiro atoms. The van der Waals surface area contributed by atoms with Crippen LogP contribution in [-0.4, -0.2) is 19.7 Å². The number of benzene rings is 1. The van der Waals surface area contributed by atoms with Crippen molar-refractivity contribution in [1.82, 2.24) is 5.32 Å². The summed E-state index contributed by atoms with van der Waals surface area (Å²) in [5, 5.41) is 3.55. The lowest BCUT2D eigenvalue weighted by molar-refractivity contribution is 0.236. The van der Waals surface area contributed by atoms with Gasteiger partial charge in [0, 0.05) is 0 Å². The van der Waals surface area contributed by atoms with Crippen molar-refractivity contribution in [3.05, 3.63) is 29.8 Å². The molecule has 0 aromatic heterocycles. The van der Waals surface area contributed by atoms with Crippen LogP contribution in [0.1, 0.15) is 44.6 Å². The van der Waals surface area contributed by atoms with Crippen molar-refractivity contribution in [2.45, 2.75) is 39.0 Å². The SMILES string of the molecule is CCCNCC1CCC1c1ccccc1OCC. The Morgan fingerprint density at radius 2 is 2.06 bits per heavy atom. The molecule has 2 atom stereocenters. The highest BCUT2D eigenvalue weighted by Crippen LogP contribution is 2.45. The smallest absolute Gasteiger partial charge is 0.122 e. The molecule has 0 radical (unpaired) electrons. The van der Waals surface area contributed by atoms with Crippen LogP contribution in [0.15, 0.2) is 24.3 Å². The molecule has 2 nitrogen and oxygen atoms in total. The molecule has 2 heteroatoms. The van der Waals surface area contributed by atoms with Crippen LogP contribution in [0.25, 0.3) is 0 Å². The molecule has 1 aliphatic carbocycles. The van der Waals surface area contributed by atoms with Gasteiger partial charge in [0.1, 0.15) is 5.75 Å². The molecule has 1 aromatic rings. The molecule has 0 amide bonds. The highest BCUT2D eigenvalue weighted by Gasteiger charge is 2.33. The van der Waals surface area contributed by atoms with Crippen LogP contribution < -0.4 is 10.1 Å². The van der Waals surface area contributed by atoms with Gasteiger partial charge in [-0.25, -0.2) is 0 Å². The van der Waals surface area contributed by atoms with Gasteiger partial charge in [0.05, 0.1) is 6.61 Å². The van der Waals surface area contributed by atoms with Crippen molar-refractivity contribution in [3.63, 3.8) is 0 Å². The van der Waals surface area contributed by atoms with Gasteiger partial charge in [0.2, 0.25) is 0 Å². The second kappa shape index (κ2) is 6.79. The predicted molar refractivity (Wildman–Crippen MR) is 76.2 cm³/mol. The van der Waals surface area contributed by atoms with Crippen molar-refractivity contribution >= 4 is 0 Å². The lowest BCUT2D eigenvalue weighted by Gasteiger charge is -2.38. The molecule has 1 saturated carbocycles. The normalized spacial score (nSPS) is 22.6. The molecule has 0 saturated heterocycles. The zero-order chi connectivity index (χ0) is 12.8. The van der Waals surface area contributed by atoms with Crippen LogP contribution in [0.2, 0.25) is 0 Å². The highest BCUT2D eigenvalue weighted by atomic mass is 16.5. The number of hydrogen-bond donors (Lipinski definition) is 1. The van der Waals surface area contributed by atoms with Crippen LogP contribution in [0.3, 0.4) is 0 Å². The number of nitrogens with one attached hydrogen (secondary N) is 1. The molecule has 1 aromatic carbocycles. The summed E-state index contributed by atoms with van der Waals surface area (Å²) in [6, 6.07) is 8.54. The first-order valence-electron chi connectivity index (χ1n) is 7.29. The Balaban J connectivity index is 1.98. The standard InChI is InChI=1S/C16H25NO/c1-3-11-17-12-13-9-10-14(13)15-7-5-6-8-16(15)18-4-2/h5-8,13-14,17H,3-4,9-12H2,1-2H3. The van der Waals surface area contributed by atoms with Crippen molar-refractivity contribution < 1.29 is 4.74 Å². The summed E-state index contributed by atoms with van der Waals surface area (Å²) in [6.45, 7) is 7.31. The van der Waals surface area contributed by atoms with E-state index in [0.717, 1.165) is 31.4 Å². The molecular weight excluding hydrogens is 222 g/mol. The Labute approximate surface area is 111 Å². The topological polar surface area (TPSA) is 21.3 Å². The fraction of sp³-hybridized carbons (Fsp3) is 0.625. The molecule has 18 heavy (non-hydrogen) atoms. The maximum atomic E-state index is 5.75. The van der Waals surface area contributed by atoms with E-state index in [-0.39, 0.29) is 0 Å². The van der Waals surface area contributed by atoms with Crippen molar-refractivity contribution in [1.29, 1.82) is 0 Å². The minimum atomic E-state index is 0.692. The minimum Gasteiger partial charge on any atom is -0.494 e. The average molecular weight is 247 g/mol. The van der Waals surface area contributed by atoms with Gasteiger partial charge in [-0.15, -0.1) is 0 Å². The monoisotopic (exact) mass is 247 g/mol. The Hall–Kier alpha value is -1.02. The van der Waals surface area contributed by atoms with E-state index >= 15 is 0 Å². The van der Waals surface area contributed by atoms with Gasteiger partial charge in [-0.1, -0.05) is 25.1 Å². The van der Waals surface area contributed by atoms with Crippen molar-refractivity contribution in [2.24, 2.45) is 5.92 Å². The average Bonchev–Trinajstić information content (AvgIpc) is 2.36. The van der Waals surface area contributed by atoms with E-state index in [4.69, 9.17) is 4.74 Å². The Morgan fingerprint density at radius 3 is 2.72 bits per heavy atom. The van der Waals surface area contributed by atoms with E-state index in [9.17, 15) is 0 Å². The molecule has 0 aliphatic heterocycles. The van der Waals surface area contributed by atoms with E-state index in [1.807, 2.05) is 0 Å². The summed E-state index contributed by atoms with van der Waals surface area (Å²) in [5.41, 5.74) is 1.41. The molecule has 2 unspecified atom stereocenters. The third-order valence-corrected chi connectivity index (χ3v) is 3.87. The number of rotatable bonds is 7. The van der Waals surface area contributed by atoms with Gasteiger partial charge >= 0.3 is 0 Å². The van der Waals surface area contributed by atoms with E-state index < -0.39 is 0 Å². The van der Waals surface area contributed by atoms with Crippen LogP contribution >= 0.6 is 0 Å². The summed E-state index contributed by atoms with van der Waals surface area (Å²) in [4.78, 5) is 0. The number of ether oxygens (including phenoxy) is 1. The van der Waals surface area contributed by atoms with Crippen molar-refractivity contribution in [2.75, 3.05) is 19.7 Å². The largest absolute Gasteiger partial charge is 0.494 e. The summed E-state index contributed by atoms with van der Waals surface area (Å²) < 4.78 is 5.75. The predicted octanol–water partition coefficient (Wildman–Crippen LogP) is 3.58. The molecule has 0 heterocycles. The van der Waals surface area contributed by atoms with Gasteiger partial charge in [-0.2, -0.15) is 0 Å². The number of hydrogen-bond acceptors (Lipinski definition) is 2. The summed E-state index contributed by atoms with van der Waals surface area (Å²) >= 11 is 0. The fourth-order valence-electron chi connectivity index (χ4n) is 2.76. The Bertz CT molecular complexity index is 364. The van der Waals surface area contributed by atoms with Crippen LogP contribution in [0.5, 0.6) is 5.75 Å². The maximum absolute atomic E-state index is 5.75. The van der Waals surface area contributed by atoms with Crippen LogP contribution in [0.4, 0.5) is 0 Å². The van der Waals surface area contributed by atoms with Gasteiger partial charge in [0.15, 0.2) is 0 Å². The quantitative estimate of drug-likeness (QED) is 0.744. The zero-order valence-corrected chi connectivity index (χ0v) is 11.6. The van der Waals surface area contributed by atoms with Crippen LogP contribution in [-0.2, 0) is 0 Å². The minimum absolute atomic E-state index is 0.692. The summed E-state index contributed by atoms with van der Waals surface area (Å²) in [7, 11) is 0. The Kier molecular flexibility index (Phi) is 5.06. The second-order valence-electron chi connectivity index (χ2n) is 5.12. The molecule has 0 bridgehead atoms. The zero-order valence-electron chi connectivity index (χ0n) is 11.6. The fourth-order valence-corrected chi connectivity index (χ4v) is 2.76. The third kappa shape index (κ3) is 3.05. The van der Waals surface area contributed by atoms with E-state index in [1.54, 1.807) is 0 Å². The lowest BCUT2D eigenvalue weighted by Crippen LogP contribution is -2.34. The first-order valence-corrected chi connectivity index (χ1v) is 7.29.